The highest BCUT2D eigenvalue weighted by molar-refractivity contribution is 7.80. The second-order valence-electron chi connectivity index (χ2n) is 6.62. The number of nitrogens with one attached hydrogen (secondary N) is 2. The molecule has 0 aliphatic carbocycles. The number of hydrogen-bond donors (Lipinski definition) is 2. The Morgan fingerprint density at radius 2 is 1.96 bits per heavy atom. The number of hydrogen-bond acceptors (Lipinski definition) is 2. The predicted octanol–water partition coefficient (Wildman–Crippen LogP) is 2.24. The maximum atomic E-state index is 13.5. The number of anilines is 1. The quantitative estimate of drug-likeness (QED) is 0.804. The Balaban J connectivity index is 1.55. The summed E-state index contributed by atoms with van der Waals surface area (Å²) in [5.74, 6) is 0.528. The molecule has 0 amide bonds. The molecule has 1 fully saturated rings. The van der Waals surface area contributed by atoms with Gasteiger partial charge in [0.2, 0.25) is 0 Å². The third kappa shape index (κ3) is 4.51. The highest BCUT2D eigenvalue weighted by Crippen LogP contribution is 2.18. The smallest absolute Gasteiger partial charge is 0.173 e. The first-order valence-electron chi connectivity index (χ1n) is 8.84. The van der Waals surface area contributed by atoms with Crippen molar-refractivity contribution in [2.75, 3.05) is 38.6 Å². The van der Waals surface area contributed by atoms with E-state index in [4.69, 9.17) is 17.0 Å². The summed E-state index contributed by atoms with van der Waals surface area (Å²) in [6.45, 7) is 6.49. The largest absolute Gasteiger partial charge is 0.496 e. The molecular weight excluding hydrogens is 349 g/mol. The number of rotatable bonds is 4. The van der Waals surface area contributed by atoms with Crippen LogP contribution in [0.3, 0.4) is 0 Å². The van der Waals surface area contributed by atoms with Gasteiger partial charge in [-0.1, -0.05) is 18.2 Å². The summed E-state index contributed by atoms with van der Waals surface area (Å²) in [6.07, 6.45) is 0. The van der Waals surface area contributed by atoms with E-state index >= 15 is 0 Å². The van der Waals surface area contributed by atoms with E-state index in [0.717, 1.165) is 54.8 Å². The molecule has 1 saturated heterocycles. The number of piperazine rings is 1. The van der Waals surface area contributed by atoms with Crippen molar-refractivity contribution in [2.24, 2.45) is 0 Å². The summed E-state index contributed by atoms with van der Waals surface area (Å²) in [5, 5.41) is 4.11. The Morgan fingerprint density at radius 1 is 1.23 bits per heavy atom. The predicted molar refractivity (Wildman–Crippen MR) is 106 cm³/mol. The van der Waals surface area contributed by atoms with Crippen molar-refractivity contribution in [3.05, 3.63) is 59.4 Å². The van der Waals surface area contributed by atoms with Crippen molar-refractivity contribution < 1.29 is 14.0 Å². The molecule has 3 rings (SSSR count). The molecule has 0 saturated carbocycles. The van der Waals surface area contributed by atoms with Gasteiger partial charge in [0.1, 0.15) is 18.1 Å². The lowest BCUT2D eigenvalue weighted by atomic mass is 10.1. The molecular formula is C20H25FN3OS+. The fourth-order valence-corrected chi connectivity index (χ4v) is 3.56. The third-order valence-electron chi connectivity index (χ3n) is 4.83. The minimum absolute atomic E-state index is 0.220. The molecule has 2 aromatic carbocycles. The molecule has 4 nitrogen and oxygen atoms in total. The van der Waals surface area contributed by atoms with Crippen LogP contribution in [0.1, 0.15) is 11.1 Å². The van der Waals surface area contributed by atoms with E-state index in [1.165, 1.54) is 16.5 Å². The van der Waals surface area contributed by atoms with Crippen LogP contribution in [0.25, 0.3) is 0 Å². The number of methoxy groups -OCH3 is 1. The molecule has 0 aromatic heterocycles. The number of aryl methyl sites for hydroxylation is 1. The highest BCUT2D eigenvalue weighted by atomic mass is 32.1. The monoisotopic (exact) mass is 374 g/mol. The van der Waals surface area contributed by atoms with Gasteiger partial charge in [-0.3, -0.25) is 0 Å². The summed E-state index contributed by atoms with van der Waals surface area (Å²) in [7, 11) is 1.62. The SMILES string of the molecule is COc1ccc(F)cc1C[NH+]1CCN(C(=S)Nc2ccccc2C)CC1. The molecule has 0 radical (unpaired) electrons. The van der Waals surface area contributed by atoms with Gasteiger partial charge in [0.15, 0.2) is 5.11 Å². The van der Waals surface area contributed by atoms with E-state index in [1.807, 2.05) is 18.2 Å². The van der Waals surface area contributed by atoms with Gasteiger partial charge in [0.25, 0.3) is 0 Å². The molecule has 0 atom stereocenters. The van der Waals surface area contributed by atoms with Gasteiger partial charge in [0.05, 0.1) is 38.9 Å². The molecule has 1 heterocycles. The van der Waals surface area contributed by atoms with Gasteiger partial charge in [-0.2, -0.15) is 0 Å². The van der Waals surface area contributed by atoms with Crippen molar-refractivity contribution in [1.29, 1.82) is 0 Å². The van der Waals surface area contributed by atoms with Gasteiger partial charge in [-0.15, -0.1) is 0 Å². The van der Waals surface area contributed by atoms with Crippen molar-refractivity contribution in [3.63, 3.8) is 0 Å². The number of nitrogens with zero attached hydrogens (tertiary/aromatic N) is 1. The van der Waals surface area contributed by atoms with Crippen molar-refractivity contribution >= 4 is 23.0 Å². The van der Waals surface area contributed by atoms with Gasteiger partial charge in [0, 0.05) is 5.69 Å². The molecule has 0 unspecified atom stereocenters. The summed E-state index contributed by atoms with van der Waals surface area (Å²) < 4.78 is 18.9. The minimum Gasteiger partial charge on any atom is -0.496 e. The standard InChI is InChI=1S/C20H24FN3OS/c1-15-5-3-4-6-18(15)22-20(26)24-11-9-23(10-12-24)14-16-13-17(21)7-8-19(16)25-2/h3-8,13H,9-12,14H2,1-2H3,(H,22,26)/p+1. The second-order valence-corrected chi connectivity index (χ2v) is 7.00. The molecule has 138 valence electrons. The molecule has 0 spiro atoms. The molecule has 26 heavy (non-hydrogen) atoms. The van der Waals surface area contributed by atoms with E-state index in [0.29, 0.717) is 0 Å². The number of thiocarbonyl (C=S) groups is 1. The van der Waals surface area contributed by atoms with Crippen LogP contribution in [0.5, 0.6) is 5.75 Å². The van der Waals surface area contributed by atoms with Crippen LogP contribution in [0.15, 0.2) is 42.5 Å². The molecule has 2 aromatic rings. The van der Waals surface area contributed by atoms with Gasteiger partial charge in [-0.05, 0) is 49.0 Å². The average molecular weight is 375 g/mol. The zero-order valence-electron chi connectivity index (χ0n) is 15.2. The van der Waals surface area contributed by atoms with E-state index < -0.39 is 0 Å². The highest BCUT2D eigenvalue weighted by Gasteiger charge is 2.23. The molecule has 0 bridgehead atoms. The van der Waals surface area contributed by atoms with Crippen molar-refractivity contribution in [3.8, 4) is 5.75 Å². The Labute approximate surface area is 159 Å². The summed E-state index contributed by atoms with van der Waals surface area (Å²) >= 11 is 5.58. The fourth-order valence-electron chi connectivity index (χ4n) is 3.26. The van der Waals surface area contributed by atoms with Gasteiger partial charge in [-0.25, -0.2) is 4.39 Å². The van der Waals surface area contributed by atoms with Crippen molar-refractivity contribution in [2.45, 2.75) is 13.5 Å². The number of halogens is 1. The average Bonchev–Trinajstić information content (AvgIpc) is 2.64. The van der Waals surface area contributed by atoms with E-state index in [-0.39, 0.29) is 5.82 Å². The first-order valence-corrected chi connectivity index (χ1v) is 9.25. The van der Waals surface area contributed by atoms with E-state index in [9.17, 15) is 4.39 Å². The molecule has 1 aliphatic heterocycles. The Kier molecular flexibility index (Phi) is 6.06. The number of benzene rings is 2. The third-order valence-corrected chi connectivity index (χ3v) is 5.19. The maximum Gasteiger partial charge on any atom is 0.173 e. The summed E-state index contributed by atoms with van der Waals surface area (Å²) in [4.78, 5) is 3.61. The van der Waals surface area contributed by atoms with Crippen LogP contribution < -0.4 is 15.0 Å². The topological polar surface area (TPSA) is 28.9 Å². The molecule has 1 aliphatic rings. The Morgan fingerprint density at radius 3 is 2.65 bits per heavy atom. The summed E-state index contributed by atoms with van der Waals surface area (Å²) in [5.41, 5.74) is 3.14. The zero-order chi connectivity index (χ0) is 18.5. The lowest BCUT2D eigenvalue weighted by Crippen LogP contribution is -3.13. The summed E-state index contributed by atoms with van der Waals surface area (Å²) in [6, 6.07) is 12.8. The maximum absolute atomic E-state index is 13.5. The van der Waals surface area contributed by atoms with Crippen LogP contribution in [0, 0.1) is 12.7 Å². The second kappa shape index (κ2) is 8.47. The number of quaternary nitrogens is 1. The van der Waals surface area contributed by atoms with Gasteiger partial charge >= 0.3 is 0 Å². The van der Waals surface area contributed by atoms with E-state index in [2.05, 4.69) is 23.2 Å². The van der Waals surface area contributed by atoms with Crippen LogP contribution in [0.4, 0.5) is 10.1 Å². The lowest BCUT2D eigenvalue weighted by Gasteiger charge is -2.34. The Hall–Kier alpha value is -2.18. The lowest BCUT2D eigenvalue weighted by molar-refractivity contribution is -0.917. The first-order chi connectivity index (χ1) is 12.6. The van der Waals surface area contributed by atoms with Gasteiger partial charge < -0.3 is 19.9 Å². The normalized spacial score (nSPS) is 15.0. The zero-order valence-corrected chi connectivity index (χ0v) is 16.0. The number of para-hydroxylation sites is 1. The molecule has 6 heteroatoms. The molecule has 2 N–H and O–H groups in total. The Bertz CT molecular complexity index is 775. The van der Waals surface area contributed by atoms with Crippen LogP contribution >= 0.6 is 12.2 Å². The first kappa shape index (κ1) is 18.6. The van der Waals surface area contributed by atoms with Crippen LogP contribution in [-0.2, 0) is 6.54 Å². The fraction of sp³-hybridized carbons (Fsp3) is 0.350. The van der Waals surface area contributed by atoms with Crippen LogP contribution in [-0.4, -0.2) is 43.3 Å². The van der Waals surface area contributed by atoms with Crippen molar-refractivity contribution in [1.82, 2.24) is 4.90 Å². The van der Waals surface area contributed by atoms with Crippen LogP contribution in [0.2, 0.25) is 0 Å². The number of ether oxygens (including phenoxy) is 1. The minimum atomic E-state index is -0.220. The van der Waals surface area contributed by atoms with E-state index in [1.54, 1.807) is 19.2 Å².